The molecule has 2 aromatic carbocycles. The van der Waals surface area contributed by atoms with Gasteiger partial charge < -0.3 is 23.4 Å². The molecule has 292 valence electrons. The normalized spacial score (nSPS) is 14.7. The number of aryl methyl sites for hydroxylation is 1. The van der Waals surface area contributed by atoms with Crippen molar-refractivity contribution in [3.8, 4) is 11.5 Å². The zero-order valence-electron chi connectivity index (χ0n) is 35.0. The molecule has 0 spiro atoms. The number of hydrogen-bond donors (Lipinski definition) is 1. The summed E-state index contributed by atoms with van der Waals surface area (Å²) in [4.78, 5) is 0. The van der Waals surface area contributed by atoms with Crippen LogP contribution in [0, 0.1) is 0 Å². The number of ether oxygens (including phenoxy) is 2. The Morgan fingerprint density at radius 1 is 0.608 bits per heavy atom. The van der Waals surface area contributed by atoms with Crippen molar-refractivity contribution in [2.45, 2.75) is 200 Å². The Bertz CT molecular complexity index is 1200. The van der Waals surface area contributed by atoms with Crippen LogP contribution >= 0.6 is 0 Å². The van der Waals surface area contributed by atoms with Crippen molar-refractivity contribution in [2.24, 2.45) is 0 Å². The number of benzene rings is 2. The second-order valence-corrected chi connectivity index (χ2v) is 27.5. The summed E-state index contributed by atoms with van der Waals surface area (Å²) in [7, 11) is -2.19. The van der Waals surface area contributed by atoms with E-state index in [0.717, 1.165) is 36.3 Å². The van der Waals surface area contributed by atoms with Gasteiger partial charge in [-0.15, -0.1) is 0 Å². The fourth-order valence-corrected chi connectivity index (χ4v) is 8.32. The zero-order valence-corrected chi connectivity index (χ0v) is 37.0. The van der Waals surface area contributed by atoms with Crippen LogP contribution in [-0.4, -0.2) is 47.2 Å². The molecule has 0 heterocycles. The van der Waals surface area contributed by atoms with Gasteiger partial charge in [-0.25, -0.2) is 0 Å². The van der Waals surface area contributed by atoms with Gasteiger partial charge in [-0.05, 0) is 104 Å². The molecule has 3 atom stereocenters. The summed E-state index contributed by atoms with van der Waals surface area (Å²) in [5, 5.41) is 11.7. The van der Waals surface area contributed by atoms with Gasteiger partial charge in [-0.2, -0.15) is 0 Å². The average Bonchev–Trinajstić information content (AvgIpc) is 3.05. The lowest BCUT2D eigenvalue weighted by atomic mass is 9.97. The predicted octanol–water partition coefficient (Wildman–Crippen LogP) is 13.0. The number of rotatable bonds is 25. The molecule has 0 aliphatic carbocycles. The minimum Gasteiger partial charge on any atom is -0.544 e. The summed E-state index contributed by atoms with van der Waals surface area (Å²) in [5.41, 5.74) is 2.33. The minimum absolute atomic E-state index is 0.101. The number of aliphatic hydroxyl groups excluding tert-OH is 1. The fraction of sp³-hybridized carbons (Fsp3) is 0.727. The quantitative estimate of drug-likeness (QED) is 0.0811. The summed E-state index contributed by atoms with van der Waals surface area (Å²) in [5.74, 6) is 1.78. The van der Waals surface area contributed by atoms with Crippen molar-refractivity contribution in [1.82, 2.24) is 0 Å². The van der Waals surface area contributed by atoms with Crippen LogP contribution in [0.25, 0.3) is 0 Å². The van der Waals surface area contributed by atoms with Gasteiger partial charge in [0, 0.05) is 6.10 Å². The molecule has 0 bridgehead atoms. The van der Waals surface area contributed by atoms with Gasteiger partial charge >= 0.3 is 0 Å². The third-order valence-electron chi connectivity index (χ3n) is 11.5. The van der Waals surface area contributed by atoms with E-state index in [-0.39, 0.29) is 22.3 Å². The van der Waals surface area contributed by atoms with Gasteiger partial charge in [-0.3, -0.25) is 0 Å². The predicted molar refractivity (Wildman–Crippen MR) is 223 cm³/mol. The summed E-state index contributed by atoms with van der Waals surface area (Å²) < 4.78 is 25.6. The highest BCUT2D eigenvalue weighted by Gasteiger charge is 2.40. The van der Waals surface area contributed by atoms with Gasteiger partial charge in [0.05, 0.1) is 25.9 Å². The highest BCUT2D eigenvalue weighted by atomic mass is 28.4. The lowest BCUT2D eigenvalue weighted by Crippen LogP contribution is -2.45. The summed E-state index contributed by atoms with van der Waals surface area (Å²) >= 11 is 0. The third-order valence-corrected chi connectivity index (χ3v) is 20.4. The molecule has 0 saturated carbocycles. The maximum atomic E-state index is 11.4. The van der Waals surface area contributed by atoms with Crippen LogP contribution in [-0.2, 0) is 22.2 Å². The highest BCUT2D eigenvalue weighted by Crippen LogP contribution is 2.39. The van der Waals surface area contributed by atoms with Gasteiger partial charge in [0.15, 0.2) is 8.32 Å². The smallest absolute Gasteiger partial charge is 0.250 e. The van der Waals surface area contributed by atoms with Gasteiger partial charge in [-0.1, -0.05) is 131 Å². The first-order chi connectivity index (χ1) is 23.9. The van der Waals surface area contributed by atoms with Gasteiger partial charge in [0.25, 0.3) is 0 Å². The van der Waals surface area contributed by atoms with Crippen LogP contribution < -0.4 is 9.16 Å². The van der Waals surface area contributed by atoms with E-state index in [1.54, 1.807) is 7.11 Å². The molecule has 0 aliphatic heterocycles. The molecule has 0 fully saturated rings. The molecule has 0 radical (unpaired) electrons. The highest BCUT2D eigenvalue weighted by molar-refractivity contribution is 6.75. The summed E-state index contributed by atoms with van der Waals surface area (Å²) in [6.07, 6.45) is 15.4. The summed E-state index contributed by atoms with van der Waals surface area (Å²) in [6.45, 7) is 25.8. The van der Waals surface area contributed by atoms with Crippen LogP contribution in [0.5, 0.6) is 11.5 Å². The Balaban J connectivity index is 2.10. The van der Waals surface area contributed by atoms with Crippen LogP contribution in [0.2, 0.25) is 36.3 Å². The van der Waals surface area contributed by atoms with Crippen LogP contribution in [0.4, 0.5) is 0 Å². The van der Waals surface area contributed by atoms with E-state index in [4.69, 9.17) is 18.3 Å². The standard InChI is InChI=1S/C44H78O5Si2/c1-13-14-15-16-17-18-19-20-21-22-41(49-51(11,12)44(5,6)7)34-42(47-35-37-26-29-39(46-8)30-27-37)33-38(45)28-23-36-24-31-40(32-25-36)48-50(9,10)43(2,3)4/h24-27,29-32,38,41-42,45H,13-23,28,33-35H2,1-12H3/t38-,41+,42-/m0/s1. The van der Waals surface area contributed by atoms with Crippen LogP contribution in [0.1, 0.15) is 143 Å². The second-order valence-electron chi connectivity index (χ2n) is 18.1. The monoisotopic (exact) mass is 743 g/mol. The topological polar surface area (TPSA) is 57.2 Å². The Hall–Kier alpha value is -1.65. The largest absolute Gasteiger partial charge is 0.544 e. The van der Waals surface area contributed by atoms with Crippen LogP contribution in [0.15, 0.2) is 48.5 Å². The molecule has 7 heteroatoms. The van der Waals surface area contributed by atoms with E-state index in [9.17, 15) is 5.11 Å². The Kier molecular flexibility index (Phi) is 19.5. The molecule has 2 aromatic rings. The summed E-state index contributed by atoms with van der Waals surface area (Å²) in [6, 6.07) is 16.6. The Labute approximate surface area is 316 Å². The lowest BCUT2D eigenvalue weighted by molar-refractivity contribution is -0.0239. The molecule has 0 amide bonds. The molecular formula is C44H78O5Si2. The molecule has 0 saturated heterocycles. The van der Waals surface area contributed by atoms with Crippen molar-refractivity contribution in [3.05, 3.63) is 59.7 Å². The molecule has 0 aliphatic rings. The first kappa shape index (κ1) is 45.5. The molecule has 0 unspecified atom stereocenters. The Morgan fingerprint density at radius 2 is 1.12 bits per heavy atom. The van der Waals surface area contributed by atoms with Gasteiger partial charge in [0.2, 0.25) is 8.32 Å². The number of unbranched alkanes of at least 4 members (excludes halogenated alkanes) is 8. The molecule has 1 N–H and O–H groups in total. The van der Waals surface area contributed by atoms with Crippen molar-refractivity contribution in [3.63, 3.8) is 0 Å². The maximum Gasteiger partial charge on any atom is 0.250 e. The van der Waals surface area contributed by atoms with Crippen molar-refractivity contribution in [2.75, 3.05) is 7.11 Å². The average molecular weight is 743 g/mol. The minimum atomic E-state index is -2.00. The van der Waals surface area contributed by atoms with E-state index in [0.29, 0.717) is 19.4 Å². The fourth-order valence-electron chi connectivity index (χ4n) is 5.89. The number of hydrogen-bond acceptors (Lipinski definition) is 5. The number of aliphatic hydroxyl groups is 1. The zero-order chi connectivity index (χ0) is 38.1. The van der Waals surface area contributed by atoms with E-state index >= 15 is 0 Å². The van der Waals surface area contributed by atoms with E-state index in [1.165, 1.54) is 63.4 Å². The molecule has 51 heavy (non-hydrogen) atoms. The van der Waals surface area contributed by atoms with E-state index in [2.05, 4.69) is 111 Å². The first-order valence-corrected chi connectivity index (χ1v) is 26.1. The van der Waals surface area contributed by atoms with Crippen molar-refractivity contribution >= 4 is 16.6 Å². The molecular weight excluding hydrogens is 665 g/mol. The number of methoxy groups -OCH3 is 1. The van der Waals surface area contributed by atoms with E-state index < -0.39 is 22.7 Å². The van der Waals surface area contributed by atoms with Crippen molar-refractivity contribution in [1.29, 1.82) is 0 Å². The molecule has 5 nitrogen and oxygen atoms in total. The molecule has 0 aromatic heterocycles. The third kappa shape index (κ3) is 17.4. The van der Waals surface area contributed by atoms with Gasteiger partial charge in [0.1, 0.15) is 11.5 Å². The Morgan fingerprint density at radius 3 is 1.65 bits per heavy atom. The van der Waals surface area contributed by atoms with Crippen molar-refractivity contribution < 1.29 is 23.4 Å². The molecule has 2 rings (SSSR count). The first-order valence-electron chi connectivity index (χ1n) is 20.2. The van der Waals surface area contributed by atoms with Crippen LogP contribution in [0.3, 0.4) is 0 Å². The van der Waals surface area contributed by atoms with E-state index in [1.807, 2.05) is 12.1 Å². The second kappa shape index (κ2) is 21.9. The lowest BCUT2D eigenvalue weighted by Gasteiger charge is -2.40. The SMILES string of the molecule is CCCCCCCCCCC[C@H](C[C@H](C[C@@H](O)CCc1ccc(O[Si](C)(C)C(C)(C)C)cc1)OCc1ccc(OC)cc1)O[Si](C)(C)C(C)(C)C. The maximum absolute atomic E-state index is 11.4.